The fraction of sp³-hybridized carbons (Fsp3) is 0.333. The Labute approximate surface area is 182 Å². The van der Waals surface area contributed by atoms with E-state index >= 15 is 0 Å². The number of rotatable bonds is 4. The van der Waals surface area contributed by atoms with Crippen molar-refractivity contribution in [3.05, 3.63) is 69.9 Å². The Kier molecular flexibility index (Phi) is 5.67. The van der Waals surface area contributed by atoms with Gasteiger partial charge < -0.3 is 9.80 Å². The van der Waals surface area contributed by atoms with Crippen molar-refractivity contribution < 1.29 is 9.59 Å². The summed E-state index contributed by atoms with van der Waals surface area (Å²) in [6, 6.07) is 13.0. The molecule has 0 saturated carbocycles. The standard InChI is InChI=1S/C24H26ClN3O2/c1-4-26-11-13-27(14-12-26)22-21(18-7-9-19(25)10-8-18)23(29)28(24(22)30)20-15-16(2)5-6-17(20)3/h5-10,15H,4,11-14H2,1-3H3. The molecule has 2 aromatic rings. The lowest BCUT2D eigenvalue weighted by Crippen LogP contribution is -2.47. The van der Waals surface area contributed by atoms with Crippen LogP contribution >= 0.6 is 11.6 Å². The second-order valence-corrected chi connectivity index (χ2v) is 8.32. The molecule has 0 unspecified atom stereocenters. The predicted octanol–water partition coefficient (Wildman–Crippen LogP) is 3.88. The average Bonchev–Trinajstić information content (AvgIpc) is 3.00. The van der Waals surface area contributed by atoms with Crippen LogP contribution in [-0.2, 0) is 9.59 Å². The molecule has 0 radical (unpaired) electrons. The van der Waals surface area contributed by atoms with Gasteiger partial charge in [-0.25, -0.2) is 4.90 Å². The van der Waals surface area contributed by atoms with Crippen molar-refractivity contribution in [3.63, 3.8) is 0 Å². The van der Waals surface area contributed by atoms with Crippen molar-refractivity contribution in [2.75, 3.05) is 37.6 Å². The number of likely N-dealkylation sites (N-methyl/N-ethyl adjacent to an activating group) is 1. The first kappa shape index (κ1) is 20.6. The fourth-order valence-corrected chi connectivity index (χ4v) is 4.28. The second kappa shape index (κ2) is 8.25. The summed E-state index contributed by atoms with van der Waals surface area (Å²) in [5, 5.41) is 0.598. The average molecular weight is 424 g/mol. The van der Waals surface area contributed by atoms with Crippen molar-refractivity contribution in [3.8, 4) is 0 Å². The van der Waals surface area contributed by atoms with E-state index < -0.39 is 0 Å². The largest absolute Gasteiger partial charge is 0.364 e. The monoisotopic (exact) mass is 423 g/mol. The van der Waals surface area contributed by atoms with Crippen LogP contribution in [-0.4, -0.2) is 54.3 Å². The Morgan fingerprint density at radius 2 is 1.57 bits per heavy atom. The van der Waals surface area contributed by atoms with Crippen LogP contribution in [0, 0.1) is 13.8 Å². The lowest BCUT2D eigenvalue weighted by molar-refractivity contribution is -0.120. The van der Waals surface area contributed by atoms with E-state index in [0.29, 0.717) is 22.0 Å². The van der Waals surface area contributed by atoms with Crippen molar-refractivity contribution in [2.45, 2.75) is 20.8 Å². The minimum Gasteiger partial charge on any atom is -0.364 e. The highest BCUT2D eigenvalue weighted by Crippen LogP contribution is 2.37. The second-order valence-electron chi connectivity index (χ2n) is 7.89. The van der Waals surface area contributed by atoms with Gasteiger partial charge in [-0.1, -0.05) is 42.8 Å². The molecule has 0 atom stereocenters. The predicted molar refractivity (Wildman–Crippen MR) is 120 cm³/mol. The molecule has 0 N–H and O–H groups in total. The maximum Gasteiger partial charge on any atom is 0.282 e. The third kappa shape index (κ3) is 3.64. The molecule has 5 nitrogen and oxygen atoms in total. The molecule has 1 fully saturated rings. The summed E-state index contributed by atoms with van der Waals surface area (Å²) in [5.74, 6) is -0.521. The molecule has 6 heteroatoms. The van der Waals surface area contributed by atoms with Crippen LogP contribution in [0.2, 0.25) is 5.02 Å². The normalized spacial score (nSPS) is 18.0. The molecule has 2 aliphatic heterocycles. The van der Waals surface area contributed by atoms with Gasteiger partial charge in [-0.2, -0.15) is 0 Å². The molecular formula is C24H26ClN3O2. The van der Waals surface area contributed by atoms with Crippen molar-refractivity contribution >= 4 is 34.7 Å². The number of piperazine rings is 1. The molecule has 0 aromatic heterocycles. The zero-order chi connectivity index (χ0) is 21.4. The topological polar surface area (TPSA) is 43.9 Å². The van der Waals surface area contributed by atoms with E-state index in [0.717, 1.165) is 49.4 Å². The number of carbonyl (C=O) groups excluding carboxylic acids is 2. The van der Waals surface area contributed by atoms with Crippen LogP contribution in [0.25, 0.3) is 5.57 Å². The molecule has 2 aliphatic rings. The van der Waals surface area contributed by atoms with Crippen LogP contribution in [0.15, 0.2) is 48.2 Å². The number of imide groups is 1. The number of nitrogens with zero attached hydrogens (tertiary/aromatic N) is 3. The molecule has 4 rings (SSSR count). The number of benzene rings is 2. The molecule has 30 heavy (non-hydrogen) atoms. The Hall–Kier alpha value is -2.63. The van der Waals surface area contributed by atoms with E-state index in [9.17, 15) is 9.59 Å². The third-order valence-corrected chi connectivity index (χ3v) is 6.19. The number of carbonyl (C=O) groups is 2. The number of anilines is 1. The van der Waals surface area contributed by atoms with Crippen LogP contribution in [0.5, 0.6) is 0 Å². The van der Waals surface area contributed by atoms with Gasteiger partial charge in [0, 0.05) is 31.2 Å². The van der Waals surface area contributed by atoms with Crippen LogP contribution in [0.4, 0.5) is 5.69 Å². The van der Waals surface area contributed by atoms with Gasteiger partial charge in [0.1, 0.15) is 5.70 Å². The Bertz CT molecular complexity index is 1020. The van der Waals surface area contributed by atoms with Gasteiger partial charge in [0.2, 0.25) is 0 Å². The zero-order valence-corrected chi connectivity index (χ0v) is 18.4. The molecule has 156 valence electrons. The number of hydrogen-bond acceptors (Lipinski definition) is 4. The maximum atomic E-state index is 13.6. The summed E-state index contributed by atoms with van der Waals surface area (Å²) in [7, 11) is 0. The molecular weight excluding hydrogens is 398 g/mol. The fourth-order valence-electron chi connectivity index (χ4n) is 4.16. The van der Waals surface area contributed by atoms with Gasteiger partial charge >= 0.3 is 0 Å². The van der Waals surface area contributed by atoms with Crippen LogP contribution in [0.3, 0.4) is 0 Å². The third-order valence-electron chi connectivity index (χ3n) is 5.93. The lowest BCUT2D eigenvalue weighted by Gasteiger charge is -2.36. The Balaban J connectivity index is 1.80. The molecule has 0 aliphatic carbocycles. The van der Waals surface area contributed by atoms with Gasteiger partial charge in [0.15, 0.2) is 0 Å². The summed E-state index contributed by atoms with van der Waals surface area (Å²) >= 11 is 6.07. The van der Waals surface area contributed by atoms with Crippen LogP contribution in [0.1, 0.15) is 23.6 Å². The SMILES string of the molecule is CCN1CCN(C2=C(c3ccc(Cl)cc3)C(=O)N(c3cc(C)ccc3C)C2=O)CC1. The van der Waals surface area contributed by atoms with E-state index in [1.54, 1.807) is 12.1 Å². The maximum absolute atomic E-state index is 13.6. The van der Waals surface area contributed by atoms with Crippen molar-refractivity contribution in [1.82, 2.24) is 9.80 Å². The van der Waals surface area contributed by atoms with E-state index in [4.69, 9.17) is 11.6 Å². The first-order chi connectivity index (χ1) is 14.4. The van der Waals surface area contributed by atoms with Gasteiger partial charge in [-0.3, -0.25) is 9.59 Å². The van der Waals surface area contributed by atoms with E-state index in [1.165, 1.54) is 4.90 Å². The molecule has 0 bridgehead atoms. The lowest BCUT2D eigenvalue weighted by atomic mass is 10.0. The van der Waals surface area contributed by atoms with E-state index in [1.807, 2.05) is 44.2 Å². The zero-order valence-electron chi connectivity index (χ0n) is 17.6. The van der Waals surface area contributed by atoms with Crippen LogP contribution < -0.4 is 4.90 Å². The van der Waals surface area contributed by atoms with E-state index in [-0.39, 0.29) is 11.8 Å². The first-order valence-corrected chi connectivity index (χ1v) is 10.7. The summed E-state index contributed by atoms with van der Waals surface area (Å²) in [6.45, 7) is 10.2. The summed E-state index contributed by atoms with van der Waals surface area (Å²) in [4.78, 5) is 33.0. The molecule has 0 spiro atoms. The minimum absolute atomic E-state index is 0.247. The van der Waals surface area contributed by atoms with Crippen molar-refractivity contribution in [1.29, 1.82) is 0 Å². The number of hydrogen-bond donors (Lipinski definition) is 0. The van der Waals surface area contributed by atoms with Crippen molar-refractivity contribution in [2.24, 2.45) is 0 Å². The van der Waals surface area contributed by atoms with Gasteiger partial charge in [-0.05, 0) is 55.3 Å². The summed E-state index contributed by atoms with van der Waals surface area (Å²) in [5.41, 5.74) is 4.24. The first-order valence-electron chi connectivity index (χ1n) is 10.3. The summed E-state index contributed by atoms with van der Waals surface area (Å²) in [6.07, 6.45) is 0. The summed E-state index contributed by atoms with van der Waals surface area (Å²) < 4.78 is 0. The van der Waals surface area contributed by atoms with Gasteiger partial charge in [-0.15, -0.1) is 0 Å². The highest BCUT2D eigenvalue weighted by Gasteiger charge is 2.43. The highest BCUT2D eigenvalue weighted by molar-refractivity contribution is 6.45. The molecule has 2 aromatic carbocycles. The smallest absolute Gasteiger partial charge is 0.282 e. The molecule has 2 heterocycles. The number of aryl methyl sites for hydroxylation is 2. The Morgan fingerprint density at radius 1 is 0.900 bits per heavy atom. The number of amides is 2. The highest BCUT2D eigenvalue weighted by atomic mass is 35.5. The van der Waals surface area contributed by atoms with Gasteiger partial charge in [0.05, 0.1) is 11.3 Å². The minimum atomic E-state index is -0.274. The van der Waals surface area contributed by atoms with E-state index in [2.05, 4.69) is 16.7 Å². The Morgan fingerprint density at radius 3 is 2.20 bits per heavy atom. The molecule has 1 saturated heterocycles. The molecule has 2 amide bonds. The van der Waals surface area contributed by atoms with Gasteiger partial charge in [0.25, 0.3) is 11.8 Å². The number of halogens is 1. The quantitative estimate of drug-likeness (QED) is 0.700.